The third-order valence-corrected chi connectivity index (χ3v) is 4.77. The van der Waals surface area contributed by atoms with Crippen molar-refractivity contribution in [1.29, 1.82) is 0 Å². The molecule has 1 aliphatic rings. The number of hydrogen-bond acceptors (Lipinski definition) is 4. The number of aromatic nitrogens is 3. The molecule has 10 heteroatoms. The predicted molar refractivity (Wildman–Crippen MR) is 88.9 cm³/mol. The van der Waals surface area contributed by atoms with Gasteiger partial charge in [-0.15, -0.1) is 0 Å². The number of nitrogens with zero attached hydrogens (tertiary/aromatic N) is 2. The molecule has 0 radical (unpaired) electrons. The molecular weight excluding hydrogens is 367 g/mol. The van der Waals surface area contributed by atoms with Crippen molar-refractivity contribution in [2.45, 2.75) is 25.1 Å². The lowest BCUT2D eigenvalue weighted by molar-refractivity contribution is -0.138. The van der Waals surface area contributed by atoms with E-state index in [-0.39, 0.29) is 22.3 Å². The number of benzene rings is 1. The fraction of sp³-hybridized carbons (Fsp3) is 0.353. The molecule has 0 amide bonds. The number of ether oxygens (including phenoxy) is 1. The van der Waals surface area contributed by atoms with E-state index in [1.54, 1.807) is 4.68 Å². The molecule has 1 saturated heterocycles. The minimum absolute atomic E-state index is 0.0846. The molecule has 0 unspecified atom stereocenters. The highest BCUT2D eigenvalue weighted by molar-refractivity contribution is 6.06. The van der Waals surface area contributed by atoms with Gasteiger partial charge >= 0.3 is 12.1 Å². The zero-order chi connectivity index (χ0) is 19.3. The number of carboxylic acid groups (broad SMARTS) is 1. The van der Waals surface area contributed by atoms with Crippen LogP contribution in [-0.2, 0) is 10.9 Å². The number of H-pyrrole nitrogens is 1. The van der Waals surface area contributed by atoms with Crippen molar-refractivity contribution >= 4 is 27.8 Å². The molecule has 27 heavy (non-hydrogen) atoms. The summed E-state index contributed by atoms with van der Waals surface area (Å²) in [5.74, 6) is -1.69. The van der Waals surface area contributed by atoms with Gasteiger partial charge in [0.2, 0.25) is 0 Å². The predicted octanol–water partition coefficient (Wildman–Crippen LogP) is 2.95. The van der Waals surface area contributed by atoms with Gasteiger partial charge < -0.3 is 14.8 Å². The van der Waals surface area contributed by atoms with Gasteiger partial charge in [0.05, 0.1) is 39.8 Å². The summed E-state index contributed by atoms with van der Waals surface area (Å²) in [6.45, 7) is 1.01. The van der Waals surface area contributed by atoms with Crippen molar-refractivity contribution in [2.75, 3.05) is 13.2 Å². The summed E-state index contributed by atoms with van der Waals surface area (Å²) in [6.07, 6.45) is -2.25. The number of carbonyl (C=O) groups is 1. The molecule has 0 saturated carbocycles. The summed E-state index contributed by atoms with van der Waals surface area (Å²) in [7, 11) is 0. The number of fused-ring (bicyclic) bond motifs is 3. The topological polar surface area (TPSA) is 97.2 Å². The molecule has 0 bridgehead atoms. The van der Waals surface area contributed by atoms with Gasteiger partial charge in [0.25, 0.3) is 5.56 Å². The fourth-order valence-corrected chi connectivity index (χ4v) is 3.50. The van der Waals surface area contributed by atoms with E-state index in [0.29, 0.717) is 37.6 Å². The number of hydrogen-bond donors (Lipinski definition) is 2. The Morgan fingerprint density at radius 3 is 2.59 bits per heavy atom. The Morgan fingerprint density at radius 2 is 1.96 bits per heavy atom. The van der Waals surface area contributed by atoms with Crippen LogP contribution in [0.2, 0.25) is 0 Å². The number of pyridine rings is 1. The largest absolute Gasteiger partial charge is 0.478 e. The first-order valence-corrected chi connectivity index (χ1v) is 8.23. The Kier molecular flexibility index (Phi) is 3.95. The second-order valence-corrected chi connectivity index (χ2v) is 6.40. The van der Waals surface area contributed by atoms with Gasteiger partial charge in [-0.2, -0.15) is 18.3 Å². The highest BCUT2D eigenvalue weighted by atomic mass is 19.4. The van der Waals surface area contributed by atoms with Crippen LogP contribution in [-0.4, -0.2) is 39.1 Å². The van der Waals surface area contributed by atoms with Gasteiger partial charge in [0.15, 0.2) is 0 Å². The number of alkyl halides is 3. The Labute approximate surface area is 149 Å². The van der Waals surface area contributed by atoms with Gasteiger partial charge in [-0.3, -0.25) is 9.48 Å². The normalized spacial score (nSPS) is 16.3. The average molecular weight is 381 g/mol. The van der Waals surface area contributed by atoms with Crippen molar-refractivity contribution in [3.05, 3.63) is 39.8 Å². The quantitative estimate of drug-likeness (QED) is 0.711. The third-order valence-electron chi connectivity index (χ3n) is 4.77. The molecule has 2 N–H and O–H groups in total. The fourth-order valence-electron chi connectivity index (χ4n) is 3.50. The molecule has 4 rings (SSSR count). The van der Waals surface area contributed by atoms with Crippen molar-refractivity contribution in [3.8, 4) is 0 Å². The highest BCUT2D eigenvalue weighted by Crippen LogP contribution is 2.36. The minimum Gasteiger partial charge on any atom is -0.478 e. The lowest BCUT2D eigenvalue weighted by atomic mass is 10.0. The highest BCUT2D eigenvalue weighted by Gasteiger charge is 2.36. The molecule has 7 nitrogen and oxygen atoms in total. The smallest absolute Gasteiger partial charge is 0.417 e. The Bertz CT molecular complexity index is 1110. The summed E-state index contributed by atoms with van der Waals surface area (Å²) < 4.78 is 46.7. The first kappa shape index (κ1) is 17.5. The Hall–Kier alpha value is -2.88. The first-order valence-electron chi connectivity index (χ1n) is 8.23. The van der Waals surface area contributed by atoms with Crippen LogP contribution in [0, 0.1) is 0 Å². The first-order chi connectivity index (χ1) is 12.8. The summed E-state index contributed by atoms with van der Waals surface area (Å²) in [5.41, 5.74) is -2.51. The molecule has 0 atom stereocenters. The molecule has 0 aliphatic carbocycles. The van der Waals surface area contributed by atoms with E-state index in [1.165, 1.54) is 6.20 Å². The van der Waals surface area contributed by atoms with Crippen LogP contribution in [0.5, 0.6) is 0 Å². The van der Waals surface area contributed by atoms with Gasteiger partial charge in [0, 0.05) is 18.6 Å². The van der Waals surface area contributed by atoms with Crippen LogP contribution >= 0.6 is 0 Å². The van der Waals surface area contributed by atoms with Gasteiger partial charge in [-0.05, 0) is 25.0 Å². The number of nitrogens with one attached hydrogen (secondary N) is 1. The molecule has 1 aromatic carbocycles. The molecule has 3 heterocycles. The van der Waals surface area contributed by atoms with Crippen molar-refractivity contribution < 1.29 is 27.8 Å². The average Bonchev–Trinajstić information content (AvgIpc) is 3.07. The SMILES string of the molecule is O=C(O)c1cc2c(cc1C(F)(F)F)[nH]c(=O)c1cnn(C3CCOCC3)c12. The molecule has 1 aliphatic heterocycles. The molecule has 0 spiro atoms. The molecule has 3 aromatic rings. The van der Waals surface area contributed by atoms with Gasteiger partial charge in [-0.1, -0.05) is 0 Å². The monoisotopic (exact) mass is 381 g/mol. The van der Waals surface area contributed by atoms with Crippen molar-refractivity contribution in [2.24, 2.45) is 0 Å². The Balaban J connectivity index is 2.07. The van der Waals surface area contributed by atoms with E-state index in [4.69, 9.17) is 4.74 Å². The number of aromatic amines is 1. The molecule has 1 fully saturated rings. The number of aromatic carboxylic acids is 1. The number of halogens is 3. The molecule has 142 valence electrons. The standard InChI is InChI=1S/C17H14F3N3O4/c18-17(19,20)12-6-13-10(5-9(12)16(25)26)14-11(15(24)22-13)7-21-23(14)8-1-3-27-4-2-8/h5-8H,1-4H2,(H,22,24)(H,25,26). The summed E-state index contributed by atoms with van der Waals surface area (Å²) in [6, 6.07) is 1.54. The van der Waals surface area contributed by atoms with Crippen LogP contribution in [0.15, 0.2) is 23.1 Å². The maximum absolute atomic E-state index is 13.3. The van der Waals surface area contributed by atoms with Crippen LogP contribution < -0.4 is 5.56 Å². The number of rotatable bonds is 2. The lowest BCUT2D eigenvalue weighted by Crippen LogP contribution is -2.21. The zero-order valence-corrected chi connectivity index (χ0v) is 13.8. The summed E-state index contributed by atoms with van der Waals surface area (Å²) in [5, 5.41) is 13.9. The van der Waals surface area contributed by atoms with E-state index < -0.39 is 28.8 Å². The molecular formula is C17H14F3N3O4. The number of carboxylic acids is 1. The van der Waals surface area contributed by atoms with Crippen molar-refractivity contribution in [1.82, 2.24) is 14.8 Å². The zero-order valence-electron chi connectivity index (χ0n) is 13.8. The van der Waals surface area contributed by atoms with E-state index in [2.05, 4.69) is 10.1 Å². The Morgan fingerprint density at radius 1 is 1.26 bits per heavy atom. The molecule has 2 aromatic heterocycles. The summed E-state index contributed by atoms with van der Waals surface area (Å²) >= 11 is 0. The van der Waals surface area contributed by atoms with Crippen LogP contribution in [0.3, 0.4) is 0 Å². The van der Waals surface area contributed by atoms with Crippen LogP contribution in [0.25, 0.3) is 21.8 Å². The van der Waals surface area contributed by atoms with Crippen molar-refractivity contribution in [3.63, 3.8) is 0 Å². The maximum Gasteiger partial charge on any atom is 0.417 e. The second kappa shape index (κ2) is 6.08. The maximum atomic E-state index is 13.3. The van der Waals surface area contributed by atoms with Crippen LogP contribution in [0.4, 0.5) is 13.2 Å². The lowest BCUT2D eigenvalue weighted by Gasteiger charge is -2.23. The third kappa shape index (κ3) is 2.85. The van der Waals surface area contributed by atoms with E-state index in [9.17, 15) is 27.9 Å². The second-order valence-electron chi connectivity index (χ2n) is 6.40. The van der Waals surface area contributed by atoms with Gasteiger partial charge in [-0.25, -0.2) is 4.79 Å². The van der Waals surface area contributed by atoms with Crippen LogP contribution in [0.1, 0.15) is 34.8 Å². The van der Waals surface area contributed by atoms with E-state index >= 15 is 0 Å². The van der Waals surface area contributed by atoms with E-state index in [1.807, 2.05) is 0 Å². The van der Waals surface area contributed by atoms with Gasteiger partial charge in [0.1, 0.15) is 0 Å². The summed E-state index contributed by atoms with van der Waals surface area (Å²) in [4.78, 5) is 26.2. The van der Waals surface area contributed by atoms with E-state index in [0.717, 1.165) is 6.07 Å². The minimum atomic E-state index is -4.87.